The quantitative estimate of drug-likeness (QED) is 0.0471. The van der Waals surface area contributed by atoms with E-state index < -0.39 is 56.9 Å². The van der Waals surface area contributed by atoms with E-state index in [4.69, 9.17) is 29.0 Å². The molecule has 3 heterocycles. The van der Waals surface area contributed by atoms with Gasteiger partial charge >= 0.3 is 7.82 Å². The Morgan fingerprint density at radius 1 is 0.982 bits per heavy atom. The maximum absolute atomic E-state index is 14.1. The van der Waals surface area contributed by atoms with Crippen molar-refractivity contribution in [1.29, 1.82) is 10.5 Å². The van der Waals surface area contributed by atoms with E-state index in [1.165, 1.54) is 99.7 Å². The number of phosphoric acid groups is 1. The van der Waals surface area contributed by atoms with E-state index >= 15 is 0 Å². The summed E-state index contributed by atoms with van der Waals surface area (Å²) in [6.45, 7) is 1.02. The molecule has 4 rings (SSSR count). The van der Waals surface area contributed by atoms with Gasteiger partial charge < -0.3 is 35.1 Å². The number of hydrogen-bond donors (Lipinski definition) is 4. The molecule has 1 saturated heterocycles. The summed E-state index contributed by atoms with van der Waals surface area (Å²) in [6, 6.07) is 10.5. The number of ether oxygens (including phenoxy) is 3. The predicted octanol–water partition coefficient (Wildman–Crippen LogP) is 6.59. The van der Waals surface area contributed by atoms with Crippen molar-refractivity contribution in [2.24, 2.45) is 0 Å². The number of fused-ring (bicyclic) bond motifs is 1. The van der Waals surface area contributed by atoms with E-state index in [2.05, 4.69) is 17.0 Å². The molecular weight excluding hydrogens is 746 g/mol. The number of aliphatic hydroxyl groups is 2. The van der Waals surface area contributed by atoms with Gasteiger partial charge in [0.25, 0.3) is 0 Å². The fourth-order valence-corrected chi connectivity index (χ4v) is 7.42. The lowest BCUT2D eigenvalue weighted by Gasteiger charge is -2.26. The molecule has 5 N–H and O–H groups in total. The average Bonchev–Trinajstić information content (AvgIpc) is 3.73. The minimum absolute atomic E-state index is 0.0317. The number of aliphatic hydroxyl groups excluding tert-OH is 2. The number of rotatable bonds is 27. The SMILES string of the molecule is CCCCCCCCCCCCCCCCOC[C@@H](COP(=O)(O)OC[C@@]1(C#N)O[C@@H](c2ccc3c(N)ncnn23)[C@H](O)[C@@H]1O)OCc1cc(F)cc(C#N)c1. The Hall–Kier alpha value is -3.54. The second-order valence-electron chi connectivity index (χ2n) is 14.3. The number of hydrogen-bond acceptors (Lipinski definition) is 13. The number of nitriles is 2. The summed E-state index contributed by atoms with van der Waals surface area (Å²) < 4.78 is 56.3. The van der Waals surface area contributed by atoms with Crippen molar-refractivity contribution < 1.29 is 47.3 Å². The van der Waals surface area contributed by atoms with Gasteiger partial charge in [-0.2, -0.15) is 15.6 Å². The lowest BCUT2D eigenvalue weighted by Crippen LogP contribution is -2.45. The van der Waals surface area contributed by atoms with E-state index in [1.54, 1.807) is 12.1 Å². The number of nitrogen functional groups attached to an aromatic ring is 1. The van der Waals surface area contributed by atoms with Crippen molar-refractivity contribution in [3.8, 4) is 12.1 Å². The molecule has 1 aliphatic rings. The number of nitrogens with zero attached hydrogens (tertiary/aromatic N) is 5. The fraction of sp³-hybridized carbons (Fsp3) is 0.641. The summed E-state index contributed by atoms with van der Waals surface area (Å²) in [5, 5.41) is 45.1. The topological polar surface area (TPSA) is 228 Å². The number of halogens is 1. The minimum atomic E-state index is -4.92. The van der Waals surface area contributed by atoms with Crippen LogP contribution in [0.15, 0.2) is 36.7 Å². The molecule has 2 aromatic heterocycles. The molecule has 15 nitrogen and oxygen atoms in total. The highest BCUT2D eigenvalue weighted by atomic mass is 31.2. The van der Waals surface area contributed by atoms with Crippen LogP contribution in [0.3, 0.4) is 0 Å². The van der Waals surface area contributed by atoms with E-state index in [-0.39, 0.29) is 30.3 Å². The lowest BCUT2D eigenvalue weighted by atomic mass is 9.96. The number of benzene rings is 1. The highest BCUT2D eigenvalue weighted by molar-refractivity contribution is 7.47. The average molecular weight is 803 g/mol. The van der Waals surface area contributed by atoms with Gasteiger partial charge in [-0.25, -0.2) is 18.5 Å². The highest BCUT2D eigenvalue weighted by Gasteiger charge is 2.57. The summed E-state index contributed by atoms with van der Waals surface area (Å²) in [6.07, 6.45) is 12.6. The molecule has 3 aromatic rings. The van der Waals surface area contributed by atoms with Crippen LogP contribution in [0.4, 0.5) is 10.2 Å². The van der Waals surface area contributed by atoms with Gasteiger partial charge in [-0.1, -0.05) is 90.4 Å². The van der Waals surface area contributed by atoms with Gasteiger partial charge in [-0.05, 0) is 42.3 Å². The summed E-state index contributed by atoms with van der Waals surface area (Å²) >= 11 is 0. The molecule has 6 atom stereocenters. The Morgan fingerprint density at radius 2 is 1.64 bits per heavy atom. The third kappa shape index (κ3) is 13.5. The molecule has 0 spiro atoms. The predicted molar refractivity (Wildman–Crippen MR) is 204 cm³/mol. The summed E-state index contributed by atoms with van der Waals surface area (Å²) in [4.78, 5) is 14.5. The first kappa shape index (κ1) is 45.2. The summed E-state index contributed by atoms with van der Waals surface area (Å²) in [5.41, 5.74) is 4.74. The Bertz CT molecular complexity index is 1790. The zero-order valence-corrected chi connectivity index (χ0v) is 33.0. The van der Waals surface area contributed by atoms with E-state index in [1.807, 2.05) is 6.07 Å². The number of nitrogens with two attached hydrogens (primary N) is 1. The van der Waals surface area contributed by atoms with Gasteiger partial charge in [0.05, 0.1) is 37.1 Å². The van der Waals surface area contributed by atoms with Gasteiger partial charge in [0.15, 0.2) is 5.82 Å². The third-order valence-corrected chi connectivity index (χ3v) is 10.8. The van der Waals surface area contributed by atoms with Crippen LogP contribution in [0.5, 0.6) is 0 Å². The smallest absolute Gasteiger partial charge is 0.387 e. The van der Waals surface area contributed by atoms with Crippen LogP contribution in [0.1, 0.15) is 120 Å². The van der Waals surface area contributed by atoms with Gasteiger partial charge in [-0.3, -0.25) is 9.05 Å². The molecule has 0 amide bonds. The van der Waals surface area contributed by atoms with Crippen LogP contribution in [-0.4, -0.2) is 80.0 Å². The van der Waals surface area contributed by atoms with Gasteiger partial charge in [0.1, 0.15) is 54.8 Å². The number of unbranched alkanes of at least 4 members (excludes halogenated alkanes) is 13. The van der Waals surface area contributed by atoms with Crippen LogP contribution in [0.2, 0.25) is 0 Å². The first-order chi connectivity index (χ1) is 27.0. The first-order valence-corrected chi connectivity index (χ1v) is 21.1. The van der Waals surface area contributed by atoms with Crippen molar-refractivity contribution in [3.05, 3.63) is 59.3 Å². The molecule has 308 valence electrons. The van der Waals surface area contributed by atoms with E-state index in [0.29, 0.717) is 17.7 Å². The Kier molecular flexibility index (Phi) is 18.6. The zero-order valence-electron chi connectivity index (χ0n) is 32.1. The standard InChI is InChI=1S/C39H56FN6O9P/c1-2-3-4-5-6-7-8-9-10-11-12-13-14-15-18-51-24-32(52-23-30-19-29(22-41)20-31(40)21-30)25-53-56(49,50)54-27-39(26-42)37(48)35(47)36(55-39)33-16-17-34-38(43)44-28-45-46(33)34/h16-17,19-21,28,32,35-37,47-48H,2-15,18,23-25,27H2,1H3,(H,49,50)(H2,43,44,45)/t32-,35-,36-,37-,39+/m0/s1. The van der Waals surface area contributed by atoms with Crippen LogP contribution in [0.25, 0.3) is 5.52 Å². The molecule has 0 radical (unpaired) electrons. The molecule has 17 heteroatoms. The van der Waals surface area contributed by atoms with Gasteiger partial charge in [0.2, 0.25) is 5.60 Å². The number of anilines is 1. The lowest BCUT2D eigenvalue weighted by molar-refractivity contribution is -0.0790. The maximum atomic E-state index is 14.1. The largest absolute Gasteiger partial charge is 0.472 e. The van der Waals surface area contributed by atoms with Crippen molar-refractivity contribution >= 4 is 19.2 Å². The molecule has 0 bridgehead atoms. The Balaban J connectivity index is 1.24. The third-order valence-electron chi connectivity index (χ3n) is 9.82. The molecule has 0 saturated carbocycles. The molecule has 56 heavy (non-hydrogen) atoms. The van der Waals surface area contributed by atoms with Crippen molar-refractivity contribution in [3.63, 3.8) is 0 Å². The number of phosphoric ester groups is 1. The summed E-state index contributed by atoms with van der Waals surface area (Å²) in [5.74, 6) is -0.465. The maximum Gasteiger partial charge on any atom is 0.472 e. The van der Waals surface area contributed by atoms with Crippen LogP contribution in [-0.2, 0) is 34.4 Å². The molecule has 1 aliphatic heterocycles. The van der Waals surface area contributed by atoms with Crippen molar-refractivity contribution in [2.45, 2.75) is 133 Å². The van der Waals surface area contributed by atoms with Crippen molar-refractivity contribution in [1.82, 2.24) is 14.6 Å². The molecule has 1 unspecified atom stereocenters. The monoisotopic (exact) mass is 802 g/mol. The first-order valence-electron chi connectivity index (χ1n) is 19.6. The van der Waals surface area contributed by atoms with Crippen LogP contribution < -0.4 is 5.73 Å². The van der Waals surface area contributed by atoms with E-state index in [0.717, 1.165) is 25.3 Å². The second kappa shape index (κ2) is 23.0. The Morgan fingerprint density at radius 3 is 2.29 bits per heavy atom. The van der Waals surface area contributed by atoms with E-state index in [9.17, 15) is 34.6 Å². The van der Waals surface area contributed by atoms with Crippen LogP contribution in [0, 0.1) is 28.5 Å². The minimum Gasteiger partial charge on any atom is -0.387 e. The Labute approximate surface area is 328 Å². The number of aromatic nitrogens is 3. The van der Waals surface area contributed by atoms with Gasteiger partial charge in [0, 0.05) is 6.61 Å². The highest BCUT2D eigenvalue weighted by Crippen LogP contribution is 2.47. The molecule has 0 aliphatic carbocycles. The van der Waals surface area contributed by atoms with Crippen LogP contribution >= 0.6 is 7.82 Å². The fourth-order valence-electron chi connectivity index (χ4n) is 6.64. The molecule has 1 aromatic carbocycles. The normalized spacial score (nSPS) is 21.2. The van der Waals surface area contributed by atoms with Crippen molar-refractivity contribution in [2.75, 3.05) is 32.2 Å². The molecular formula is C39H56FN6O9P. The second-order valence-corrected chi connectivity index (χ2v) is 15.7. The summed E-state index contributed by atoms with van der Waals surface area (Å²) in [7, 11) is -4.92. The molecule has 1 fully saturated rings. The zero-order chi connectivity index (χ0) is 40.4. The van der Waals surface area contributed by atoms with Gasteiger partial charge in [-0.15, -0.1) is 0 Å².